The number of amides is 3. The Balaban J connectivity index is 1.33. The van der Waals surface area contributed by atoms with Gasteiger partial charge in [0.1, 0.15) is 30.6 Å². The van der Waals surface area contributed by atoms with E-state index in [4.69, 9.17) is 9.47 Å². The van der Waals surface area contributed by atoms with Crippen molar-refractivity contribution < 1.29 is 50.2 Å². The lowest BCUT2D eigenvalue weighted by Crippen LogP contribution is -2.49. The summed E-state index contributed by atoms with van der Waals surface area (Å²) in [6.07, 6.45) is -4.35. The van der Waals surface area contributed by atoms with Gasteiger partial charge in [-0.25, -0.2) is 18.0 Å². The van der Waals surface area contributed by atoms with E-state index in [0.717, 1.165) is 6.07 Å². The molecule has 0 aromatic heterocycles. The first kappa shape index (κ1) is 37.6. The number of morpholine rings is 1. The number of carbonyl (C=O) groups is 3. The van der Waals surface area contributed by atoms with Gasteiger partial charge in [0, 0.05) is 17.5 Å². The Bertz CT molecular complexity index is 1710. The molecule has 274 valence electrons. The molecular weight excluding hydrogens is 682 g/mol. The zero-order chi connectivity index (χ0) is 36.8. The van der Waals surface area contributed by atoms with Crippen LogP contribution in [0.1, 0.15) is 42.9 Å². The normalized spacial score (nSPS) is 18.1. The van der Waals surface area contributed by atoms with E-state index in [9.17, 15) is 36.3 Å². The van der Waals surface area contributed by atoms with Gasteiger partial charge >= 0.3 is 12.3 Å². The van der Waals surface area contributed by atoms with E-state index in [-0.39, 0.29) is 61.9 Å². The zero-order valence-electron chi connectivity index (χ0n) is 27.8. The fourth-order valence-electron chi connectivity index (χ4n) is 5.65. The first-order valence-electron chi connectivity index (χ1n) is 16.4. The Morgan fingerprint density at radius 2 is 1.71 bits per heavy atom. The molecule has 3 amide bonds. The number of carbonyl (C=O) groups excluding carboxylic acids is 3. The lowest BCUT2D eigenvalue weighted by molar-refractivity contribution is -0.128. The fourth-order valence-corrected chi connectivity index (χ4v) is 5.65. The lowest BCUT2D eigenvalue weighted by atomic mass is 9.99. The molecule has 2 atom stereocenters. The highest BCUT2D eigenvalue weighted by atomic mass is 19.4. The van der Waals surface area contributed by atoms with E-state index in [2.05, 4.69) is 10.6 Å². The van der Waals surface area contributed by atoms with Crippen LogP contribution in [-0.2, 0) is 31.9 Å². The monoisotopic (exact) mass is 720 g/mol. The summed E-state index contributed by atoms with van der Waals surface area (Å²) < 4.78 is 91.9. The Hall–Kier alpha value is -4.63. The van der Waals surface area contributed by atoms with Gasteiger partial charge in [0.05, 0.1) is 36.7 Å². The number of halogens is 6. The molecule has 3 N–H and O–H groups in total. The van der Waals surface area contributed by atoms with Gasteiger partial charge in [-0.2, -0.15) is 13.2 Å². The molecule has 1 aliphatic carbocycles. The van der Waals surface area contributed by atoms with E-state index in [1.54, 1.807) is 24.4 Å². The summed E-state index contributed by atoms with van der Waals surface area (Å²) in [4.78, 5) is 39.6. The number of nitrogens with one attached hydrogen (secondary N) is 3. The maximum absolute atomic E-state index is 15.7. The highest BCUT2D eigenvalue weighted by Crippen LogP contribution is 2.45. The van der Waals surface area contributed by atoms with Crippen LogP contribution in [0, 0.1) is 22.9 Å². The zero-order valence-corrected chi connectivity index (χ0v) is 27.8. The van der Waals surface area contributed by atoms with Crippen LogP contribution in [0.3, 0.4) is 0 Å². The van der Waals surface area contributed by atoms with Gasteiger partial charge in [0.25, 0.3) is 5.91 Å². The fraction of sp³-hybridized carbons (Fsp3) is 0.417. The summed E-state index contributed by atoms with van der Waals surface area (Å²) >= 11 is 0. The predicted molar refractivity (Wildman–Crippen MR) is 175 cm³/mol. The van der Waals surface area contributed by atoms with Crippen molar-refractivity contribution in [2.45, 2.75) is 57.3 Å². The maximum Gasteiger partial charge on any atom is 0.407 e. The first-order chi connectivity index (χ1) is 24.2. The van der Waals surface area contributed by atoms with E-state index < -0.39 is 66.3 Å². The summed E-state index contributed by atoms with van der Waals surface area (Å²) in [6.45, 7) is -0.109. The van der Waals surface area contributed by atoms with Crippen molar-refractivity contribution in [3.05, 3.63) is 94.8 Å². The van der Waals surface area contributed by atoms with Gasteiger partial charge in [0.15, 0.2) is 0 Å². The topological polar surface area (TPSA) is 109 Å². The maximum atomic E-state index is 15.7. The van der Waals surface area contributed by atoms with Crippen LogP contribution in [0.5, 0.6) is 0 Å². The summed E-state index contributed by atoms with van der Waals surface area (Å²) in [7, 11) is 0. The number of nitrogens with zero attached hydrogens (tertiary/aromatic N) is 1. The summed E-state index contributed by atoms with van der Waals surface area (Å²) in [5, 5.41) is 7.39. The van der Waals surface area contributed by atoms with Gasteiger partial charge in [-0.05, 0) is 79.6 Å². The van der Waals surface area contributed by atoms with Crippen LogP contribution >= 0.6 is 0 Å². The van der Waals surface area contributed by atoms with Crippen molar-refractivity contribution in [2.24, 2.45) is 5.41 Å². The molecule has 3 aromatic rings. The van der Waals surface area contributed by atoms with Gasteiger partial charge in [-0.1, -0.05) is 31.2 Å². The Morgan fingerprint density at radius 1 is 0.980 bits per heavy atom. The molecule has 1 aliphatic heterocycles. The van der Waals surface area contributed by atoms with Crippen molar-refractivity contribution in [1.29, 1.82) is 0 Å². The molecule has 1 saturated heterocycles. The van der Waals surface area contributed by atoms with Gasteiger partial charge in [-0.3, -0.25) is 14.5 Å². The summed E-state index contributed by atoms with van der Waals surface area (Å²) in [5.41, 5.74) is 1.00. The molecule has 0 spiro atoms. The molecule has 2 fully saturated rings. The largest absolute Gasteiger partial charge is 0.448 e. The van der Waals surface area contributed by atoms with E-state index in [1.165, 1.54) is 47.4 Å². The molecule has 9 nitrogen and oxygen atoms in total. The highest BCUT2D eigenvalue weighted by molar-refractivity contribution is 6.04. The Kier molecular flexibility index (Phi) is 11.9. The minimum absolute atomic E-state index is 0.0562. The standard InChI is InChI=1S/C36H38F6N4O5/c1-35(13-14-35)33(48)44-18-32(47)46(31-16-25(38)10-7-23(31)15-22-5-8-24(37)9-6-22)30-4-2-3-29(39)28(30)12-11-27-17-43-26(19-50-27)20-51-34(49)45-21-36(40,41)42/h2-10,16,26-27,43H,11-15,17-21H2,1H3,(H,44,48)(H,45,49). The van der Waals surface area contributed by atoms with E-state index >= 15 is 4.39 Å². The average Bonchev–Trinajstić information content (AvgIpc) is 3.85. The molecule has 2 aliphatic rings. The number of rotatable bonds is 13. The number of alkyl halides is 3. The van der Waals surface area contributed by atoms with Crippen molar-refractivity contribution >= 4 is 29.3 Å². The summed E-state index contributed by atoms with van der Waals surface area (Å²) in [6, 6.07) is 13.3. The van der Waals surface area contributed by atoms with Crippen molar-refractivity contribution in [2.75, 3.05) is 37.7 Å². The molecule has 0 bridgehead atoms. The van der Waals surface area contributed by atoms with Crippen molar-refractivity contribution in [3.63, 3.8) is 0 Å². The summed E-state index contributed by atoms with van der Waals surface area (Å²) in [5.74, 6) is -2.66. The van der Waals surface area contributed by atoms with Crippen LogP contribution in [0.15, 0.2) is 60.7 Å². The van der Waals surface area contributed by atoms with Gasteiger partial charge < -0.3 is 25.4 Å². The van der Waals surface area contributed by atoms with Gasteiger partial charge in [-0.15, -0.1) is 0 Å². The van der Waals surface area contributed by atoms with Crippen molar-refractivity contribution in [1.82, 2.24) is 16.0 Å². The third-order valence-electron chi connectivity index (χ3n) is 8.86. The third-order valence-corrected chi connectivity index (χ3v) is 8.86. The molecule has 0 radical (unpaired) electrons. The van der Waals surface area contributed by atoms with E-state index in [1.807, 2.05) is 0 Å². The molecule has 1 saturated carbocycles. The van der Waals surface area contributed by atoms with Crippen LogP contribution in [0.4, 0.5) is 42.5 Å². The van der Waals surface area contributed by atoms with Crippen molar-refractivity contribution in [3.8, 4) is 0 Å². The first-order valence-corrected chi connectivity index (χ1v) is 16.4. The number of benzene rings is 3. The third kappa shape index (κ3) is 10.4. The Morgan fingerprint density at radius 3 is 2.37 bits per heavy atom. The minimum Gasteiger partial charge on any atom is -0.448 e. The molecule has 1 heterocycles. The molecule has 51 heavy (non-hydrogen) atoms. The lowest BCUT2D eigenvalue weighted by Gasteiger charge is -2.31. The average molecular weight is 721 g/mol. The molecule has 3 aromatic carbocycles. The van der Waals surface area contributed by atoms with Gasteiger partial charge in [0.2, 0.25) is 5.91 Å². The number of hydrogen-bond acceptors (Lipinski definition) is 6. The molecule has 5 rings (SSSR count). The second-order valence-electron chi connectivity index (χ2n) is 13.0. The van der Waals surface area contributed by atoms with Crippen LogP contribution in [0.2, 0.25) is 0 Å². The molecule has 15 heteroatoms. The van der Waals surface area contributed by atoms with E-state index in [0.29, 0.717) is 24.0 Å². The minimum atomic E-state index is -4.57. The van der Waals surface area contributed by atoms with Crippen LogP contribution in [-0.4, -0.2) is 69.1 Å². The number of ether oxygens (including phenoxy) is 2. The SMILES string of the molecule is CC1(C(=O)NCC(=O)N(c2cc(F)ccc2Cc2ccc(F)cc2)c2cccc(F)c2CCC2CNC(COC(=O)NCC(F)(F)F)CO2)CC1. The molecular formula is C36H38F6N4O5. The molecule has 2 unspecified atom stereocenters. The second kappa shape index (κ2) is 16.1. The number of alkyl carbamates (subject to hydrolysis) is 1. The number of anilines is 2. The van der Waals surface area contributed by atoms with Crippen LogP contribution in [0.25, 0.3) is 0 Å². The number of hydrogen-bond donors (Lipinski definition) is 3. The van der Waals surface area contributed by atoms with Crippen LogP contribution < -0.4 is 20.9 Å². The Labute approximate surface area is 290 Å². The quantitative estimate of drug-likeness (QED) is 0.191. The highest BCUT2D eigenvalue weighted by Gasteiger charge is 2.45. The predicted octanol–water partition coefficient (Wildman–Crippen LogP) is 5.85. The smallest absolute Gasteiger partial charge is 0.407 e. The second-order valence-corrected chi connectivity index (χ2v) is 13.0.